The third-order valence-electron chi connectivity index (χ3n) is 4.00. The molecule has 26 heavy (non-hydrogen) atoms. The number of hydrogen-bond acceptors (Lipinski definition) is 3. The minimum Gasteiger partial charge on any atom is -0.323 e. The Hall–Kier alpha value is -2.60. The quantitative estimate of drug-likeness (QED) is 0.660. The Labute approximate surface area is 156 Å². The first-order valence-electron chi connectivity index (χ1n) is 8.28. The molecular formula is C20H20FN3OS. The maximum atomic E-state index is 13.7. The van der Waals surface area contributed by atoms with E-state index >= 15 is 0 Å². The van der Waals surface area contributed by atoms with Gasteiger partial charge < -0.3 is 5.32 Å². The third-order valence-corrected chi connectivity index (χ3v) is 5.08. The van der Waals surface area contributed by atoms with Crippen molar-refractivity contribution in [3.63, 3.8) is 0 Å². The molecule has 2 aromatic carbocycles. The molecule has 0 radical (unpaired) electrons. The first-order chi connectivity index (χ1) is 12.5. The van der Waals surface area contributed by atoms with Crippen molar-refractivity contribution >= 4 is 23.4 Å². The number of carbonyl (C=O) groups excluding carboxylic acids is 1. The van der Waals surface area contributed by atoms with Crippen LogP contribution in [0.5, 0.6) is 0 Å². The van der Waals surface area contributed by atoms with Crippen LogP contribution in [0.3, 0.4) is 0 Å². The zero-order valence-electron chi connectivity index (χ0n) is 14.9. The summed E-state index contributed by atoms with van der Waals surface area (Å²) in [5, 5.41) is 2.92. The number of thioether (sulfide) groups is 1. The third kappa shape index (κ3) is 3.96. The van der Waals surface area contributed by atoms with E-state index in [4.69, 9.17) is 0 Å². The molecule has 134 valence electrons. The van der Waals surface area contributed by atoms with E-state index in [-0.39, 0.29) is 11.6 Å². The smallest absolute Gasteiger partial charge is 0.237 e. The number of imidazole rings is 1. The number of aromatic nitrogens is 2. The lowest BCUT2D eigenvalue weighted by atomic mass is 10.1. The molecule has 0 fully saturated rings. The molecular weight excluding hydrogens is 349 g/mol. The fraction of sp³-hybridized carbons (Fsp3) is 0.200. The van der Waals surface area contributed by atoms with Gasteiger partial charge in [-0.05, 0) is 44.5 Å². The Morgan fingerprint density at radius 2 is 2.00 bits per heavy atom. The Kier molecular flexibility index (Phi) is 5.42. The van der Waals surface area contributed by atoms with Gasteiger partial charge in [-0.15, -0.1) is 0 Å². The molecule has 3 aromatic rings. The topological polar surface area (TPSA) is 46.9 Å². The second-order valence-corrected chi connectivity index (χ2v) is 7.41. The molecule has 1 amide bonds. The molecule has 1 aromatic heterocycles. The average molecular weight is 369 g/mol. The van der Waals surface area contributed by atoms with E-state index in [9.17, 15) is 9.18 Å². The summed E-state index contributed by atoms with van der Waals surface area (Å²) in [6.07, 6.45) is 3.59. The molecule has 3 rings (SSSR count). The van der Waals surface area contributed by atoms with E-state index in [2.05, 4.69) is 23.3 Å². The minimum atomic E-state index is -0.449. The summed E-state index contributed by atoms with van der Waals surface area (Å²) >= 11 is 1.34. The number of hydrogen-bond donors (Lipinski definition) is 1. The second-order valence-electron chi connectivity index (χ2n) is 6.10. The monoisotopic (exact) mass is 369 g/mol. The van der Waals surface area contributed by atoms with Crippen molar-refractivity contribution < 1.29 is 9.18 Å². The highest BCUT2D eigenvalue weighted by Gasteiger charge is 2.19. The summed E-state index contributed by atoms with van der Waals surface area (Å²) in [5.41, 5.74) is 3.53. The zero-order valence-corrected chi connectivity index (χ0v) is 15.7. The lowest BCUT2D eigenvalue weighted by Gasteiger charge is -2.15. The number of amides is 1. The Bertz CT molecular complexity index is 938. The molecule has 1 atom stereocenters. The molecule has 0 aliphatic carbocycles. The maximum Gasteiger partial charge on any atom is 0.237 e. The van der Waals surface area contributed by atoms with E-state index < -0.39 is 11.1 Å². The van der Waals surface area contributed by atoms with Crippen molar-refractivity contribution in [2.75, 3.05) is 5.32 Å². The number of nitrogens with zero attached hydrogens (tertiary/aromatic N) is 2. The van der Waals surface area contributed by atoms with Crippen molar-refractivity contribution in [3.8, 4) is 5.69 Å². The number of nitrogens with one attached hydrogen (secondary N) is 1. The minimum absolute atomic E-state index is 0.183. The summed E-state index contributed by atoms with van der Waals surface area (Å²) in [7, 11) is 0. The molecule has 0 saturated heterocycles. The predicted molar refractivity (Wildman–Crippen MR) is 103 cm³/mol. The van der Waals surface area contributed by atoms with Crippen LogP contribution in [-0.2, 0) is 4.79 Å². The van der Waals surface area contributed by atoms with Gasteiger partial charge in [-0.3, -0.25) is 9.36 Å². The van der Waals surface area contributed by atoms with Crippen molar-refractivity contribution in [3.05, 3.63) is 71.8 Å². The molecule has 0 bridgehead atoms. The summed E-state index contributed by atoms with van der Waals surface area (Å²) in [6.45, 7) is 5.88. The number of rotatable bonds is 5. The molecule has 0 aliphatic heterocycles. The van der Waals surface area contributed by atoms with E-state index in [1.807, 2.05) is 29.8 Å². The van der Waals surface area contributed by atoms with Gasteiger partial charge in [0.15, 0.2) is 5.16 Å². The number of carbonyl (C=O) groups is 1. The van der Waals surface area contributed by atoms with E-state index in [0.717, 1.165) is 11.3 Å². The van der Waals surface area contributed by atoms with E-state index in [1.54, 1.807) is 31.3 Å². The highest BCUT2D eigenvalue weighted by molar-refractivity contribution is 8.00. The van der Waals surface area contributed by atoms with Gasteiger partial charge in [-0.1, -0.05) is 41.6 Å². The lowest BCUT2D eigenvalue weighted by molar-refractivity contribution is -0.115. The molecule has 0 saturated carbocycles. The largest absolute Gasteiger partial charge is 0.323 e. The predicted octanol–water partition coefficient (Wildman–Crippen LogP) is 4.75. The van der Waals surface area contributed by atoms with E-state index in [0.29, 0.717) is 5.16 Å². The Balaban J connectivity index is 1.76. The van der Waals surface area contributed by atoms with Crippen LogP contribution < -0.4 is 5.32 Å². The number of aryl methyl sites for hydroxylation is 2. The first kappa shape index (κ1) is 18.2. The molecule has 0 aliphatic rings. The van der Waals surface area contributed by atoms with Gasteiger partial charge in [-0.25, -0.2) is 9.37 Å². The van der Waals surface area contributed by atoms with Crippen LogP contribution >= 0.6 is 11.8 Å². The van der Waals surface area contributed by atoms with Crippen LogP contribution in [0.2, 0.25) is 0 Å². The van der Waals surface area contributed by atoms with Gasteiger partial charge >= 0.3 is 0 Å². The SMILES string of the molecule is Cc1ccc(-n2ccnc2SC(C)C(=O)Nc2ccccc2F)c(C)c1. The summed E-state index contributed by atoms with van der Waals surface area (Å²) in [5.74, 6) is -0.717. The highest BCUT2D eigenvalue weighted by Crippen LogP contribution is 2.27. The normalized spacial score (nSPS) is 12.0. The molecule has 0 spiro atoms. The molecule has 1 unspecified atom stereocenters. The molecule has 6 heteroatoms. The fourth-order valence-corrected chi connectivity index (χ4v) is 3.52. The van der Waals surface area contributed by atoms with Crippen LogP contribution in [0, 0.1) is 19.7 Å². The number of benzene rings is 2. The Morgan fingerprint density at radius 3 is 2.73 bits per heavy atom. The lowest BCUT2D eigenvalue weighted by Crippen LogP contribution is -2.23. The number of anilines is 1. The highest BCUT2D eigenvalue weighted by atomic mass is 32.2. The van der Waals surface area contributed by atoms with Gasteiger partial charge in [0.2, 0.25) is 5.91 Å². The van der Waals surface area contributed by atoms with Gasteiger partial charge in [-0.2, -0.15) is 0 Å². The van der Waals surface area contributed by atoms with E-state index in [1.165, 1.54) is 23.4 Å². The van der Waals surface area contributed by atoms with Crippen molar-refractivity contribution in [2.24, 2.45) is 0 Å². The molecule has 1 heterocycles. The average Bonchev–Trinajstić information content (AvgIpc) is 3.04. The summed E-state index contributed by atoms with van der Waals surface area (Å²) < 4.78 is 15.7. The van der Waals surface area contributed by atoms with Gasteiger partial charge in [0.25, 0.3) is 0 Å². The van der Waals surface area contributed by atoms with Gasteiger partial charge in [0, 0.05) is 12.4 Å². The van der Waals surface area contributed by atoms with Crippen LogP contribution in [0.25, 0.3) is 5.69 Å². The first-order valence-corrected chi connectivity index (χ1v) is 9.16. The van der Waals surface area contributed by atoms with Crippen LogP contribution in [-0.4, -0.2) is 20.7 Å². The summed E-state index contributed by atoms with van der Waals surface area (Å²) in [6, 6.07) is 12.3. The number of halogens is 1. The van der Waals surface area contributed by atoms with Gasteiger partial charge in [0.1, 0.15) is 5.82 Å². The Morgan fingerprint density at radius 1 is 1.23 bits per heavy atom. The van der Waals surface area contributed by atoms with Crippen LogP contribution in [0.1, 0.15) is 18.1 Å². The van der Waals surface area contributed by atoms with Crippen LogP contribution in [0.4, 0.5) is 10.1 Å². The zero-order chi connectivity index (χ0) is 18.7. The van der Waals surface area contributed by atoms with Crippen molar-refractivity contribution in [2.45, 2.75) is 31.2 Å². The van der Waals surface area contributed by atoms with Crippen LogP contribution in [0.15, 0.2) is 60.0 Å². The standard InChI is InChI=1S/C20H20FN3OS/c1-13-8-9-18(14(2)12-13)24-11-10-22-20(24)26-15(3)19(25)23-17-7-5-4-6-16(17)21/h4-12,15H,1-3H3,(H,23,25). The second kappa shape index (κ2) is 7.74. The number of para-hydroxylation sites is 1. The van der Waals surface area contributed by atoms with Crippen molar-refractivity contribution in [1.29, 1.82) is 0 Å². The summed E-state index contributed by atoms with van der Waals surface area (Å²) in [4.78, 5) is 16.8. The molecule has 4 nitrogen and oxygen atoms in total. The molecule has 1 N–H and O–H groups in total. The maximum absolute atomic E-state index is 13.7. The van der Waals surface area contributed by atoms with Gasteiger partial charge in [0.05, 0.1) is 16.6 Å². The fourth-order valence-electron chi connectivity index (χ4n) is 2.64. The van der Waals surface area contributed by atoms with Crippen molar-refractivity contribution in [1.82, 2.24) is 9.55 Å².